The number of benzene rings is 2. The Labute approximate surface area is 200 Å². The van der Waals surface area contributed by atoms with Crippen LogP contribution >= 0.6 is 0 Å². The molecule has 2 aromatic rings. The van der Waals surface area contributed by atoms with Gasteiger partial charge in [0.15, 0.2) is 11.5 Å². The molecule has 10 heteroatoms. The molecule has 0 spiro atoms. The van der Waals surface area contributed by atoms with Crippen LogP contribution in [-0.2, 0) is 9.59 Å². The van der Waals surface area contributed by atoms with Crippen LogP contribution in [0.3, 0.4) is 0 Å². The largest absolute Gasteiger partial charge is 0.490 e. The Morgan fingerprint density at radius 3 is 2.34 bits per heavy atom. The highest BCUT2D eigenvalue weighted by Crippen LogP contribution is 2.52. The van der Waals surface area contributed by atoms with E-state index in [1.165, 1.54) is 36.5 Å². The van der Waals surface area contributed by atoms with E-state index < -0.39 is 10.9 Å². The third-order valence-corrected chi connectivity index (χ3v) is 6.55. The van der Waals surface area contributed by atoms with Crippen LogP contribution in [0.4, 0.5) is 5.69 Å². The number of nitro benzene ring substituents is 1. The summed E-state index contributed by atoms with van der Waals surface area (Å²) in [4.78, 5) is 48.3. The van der Waals surface area contributed by atoms with Gasteiger partial charge in [-0.15, -0.1) is 0 Å². The number of hydrogen-bond acceptors (Lipinski definition) is 8. The van der Waals surface area contributed by atoms with Crippen molar-refractivity contribution in [2.75, 3.05) is 6.61 Å². The summed E-state index contributed by atoms with van der Waals surface area (Å²) >= 11 is 0. The van der Waals surface area contributed by atoms with Gasteiger partial charge in [0.05, 0.1) is 35.1 Å². The van der Waals surface area contributed by atoms with Crippen LogP contribution < -0.4 is 9.47 Å². The first-order chi connectivity index (χ1) is 16.9. The molecule has 35 heavy (non-hydrogen) atoms. The lowest BCUT2D eigenvalue weighted by Gasteiger charge is -2.13. The lowest BCUT2D eigenvalue weighted by Crippen LogP contribution is -2.28. The van der Waals surface area contributed by atoms with E-state index >= 15 is 0 Å². The van der Waals surface area contributed by atoms with Crippen molar-refractivity contribution in [1.29, 1.82) is 0 Å². The van der Waals surface area contributed by atoms with Crippen LogP contribution in [0.25, 0.3) is 0 Å². The summed E-state index contributed by atoms with van der Waals surface area (Å²) in [5.74, 6) is -1.26. The minimum atomic E-state index is -0.703. The van der Waals surface area contributed by atoms with Crippen LogP contribution in [-0.4, -0.2) is 40.5 Å². The summed E-state index contributed by atoms with van der Waals surface area (Å²) < 4.78 is 11.0. The molecule has 1 aliphatic heterocycles. The monoisotopic (exact) mass is 475 g/mol. The number of fused-ring (bicyclic) bond motifs is 5. The number of nitro groups is 1. The molecule has 1 heterocycles. The molecule has 10 nitrogen and oxygen atoms in total. The maximum atomic E-state index is 12.8. The third kappa shape index (κ3) is 3.96. The third-order valence-electron chi connectivity index (χ3n) is 6.55. The van der Waals surface area contributed by atoms with E-state index in [9.17, 15) is 24.5 Å². The first-order valence-corrected chi connectivity index (χ1v) is 11.2. The van der Waals surface area contributed by atoms with E-state index in [1.54, 1.807) is 19.1 Å². The molecule has 4 atom stereocenters. The summed E-state index contributed by atoms with van der Waals surface area (Å²) in [6.45, 7) is 2.07. The van der Waals surface area contributed by atoms with Crippen molar-refractivity contribution in [3.05, 3.63) is 75.9 Å². The lowest BCUT2D eigenvalue weighted by molar-refractivity contribution is -0.384. The molecule has 2 bridgehead atoms. The number of amides is 2. The summed E-state index contributed by atoms with van der Waals surface area (Å²) in [5.41, 5.74) is 0.550. The summed E-state index contributed by atoms with van der Waals surface area (Å²) in [7, 11) is 0. The smallest absolute Gasteiger partial charge is 0.343 e. The highest BCUT2D eigenvalue weighted by molar-refractivity contribution is 6.06. The van der Waals surface area contributed by atoms with Crippen molar-refractivity contribution in [2.24, 2.45) is 28.8 Å². The normalized spacial score (nSPS) is 24.3. The van der Waals surface area contributed by atoms with Gasteiger partial charge in [0.25, 0.3) is 17.5 Å². The van der Waals surface area contributed by atoms with E-state index in [4.69, 9.17) is 9.47 Å². The second-order valence-corrected chi connectivity index (χ2v) is 8.57. The Bertz CT molecular complexity index is 1250. The lowest BCUT2D eigenvalue weighted by atomic mass is 9.85. The quantitative estimate of drug-likeness (QED) is 0.114. The zero-order valence-electron chi connectivity index (χ0n) is 18.7. The fraction of sp³-hybridized carbons (Fsp3) is 0.280. The van der Waals surface area contributed by atoms with Gasteiger partial charge in [0, 0.05) is 12.1 Å². The van der Waals surface area contributed by atoms with Gasteiger partial charge in [0.1, 0.15) is 0 Å². The number of imide groups is 1. The predicted molar refractivity (Wildman–Crippen MR) is 123 cm³/mol. The van der Waals surface area contributed by atoms with Crippen molar-refractivity contribution in [3.8, 4) is 11.5 Å². The number of hydrogen-bond donors (Lipinski definition) is 0. The molecule has 0 radical (unpaired) electrons. The summed E-state index contributed by atoms with van der Waals surface area (Å²) in [6.07, 6.45) is 6.29. The zero-order valence-corrected chi connectivity index (χ0v) is 18.7. The molecule has 2 amide bonds. The molecule has 0 N–H and O–H groups in total. The highest BCUT2D eigenvalue weighted by Gasteiger charge is 2.59. The van der Waals surface area contributed by atoms with Gasteiger partial charge in [0.2, 0.25) is 0 Å². The number of hydrazone groups is 1. The number of carbonyl (C=O) groups excluding carboxylic acids is 3. The van der Waals surface area contributed by atoms with Crippen LogP contribution in [0, 0.1) is 33.8 Å². The maximum absolute atomic E-state index is 12.8. The minimum Gasteiger partial charge on any atom is -0.490 e. The first-order valence-electron chi connectivity index (χ1n) is 11.2. The van der Waals surface area contributed by atoms with Crippen molar-refractivity contribution >= 4 is 29.7 Å². The number of non-ortho nitro benzene ring substituents is 1. The first kappa shape index (κ1) is 22.5. The fourth-order valence-corrected chi connectivity index (χ4v) is 4.96. The zero-order chi connectivity index (χ0) is 24.7. The standard InChI is InChI=1S/C25H21N3O7/c1-2-34-20-11-14(3-10-19(20)35-25(31)15-6-8-18(9-7-15)28(32)33)13-26-27-23(29)21-16-4-5-17(12-16)22(21)24(27)30/h3-11,13,16-17,21-22H,2,12H2,1H3/t16-,17-,21-,22+/m0/s1. The Hall–Kier alpha value is -4.34. The summed E-state index contributed by atoms with van der Waals surface area (Å²) in [6, 6.07) is 9.77. The van der Waals surface area contributed by atoms with E-state index in [0.29, 0.717) is 12.2 Å². The molecule has 2 fully saturated rings. The average molecular weight is 475 g/mol. The van der Waals surface area contributed by atoms with Gasteiger partial charge in [-0.2, -0.15) is 10.1 Å². The average Bonchev–Trinajstić information content (AvgIpc) is 3.53. The Morgan fingerprint density at radius 1 is 1.09 bits per heavy atom. The Morgan fingerprint density at radius 2 is 1.74 bits per heavy atom. The number of allylic oxidation sites excluding steroid dienone is 2. The number of esters is 1. The molecule has 1 saturated heterocycles. The van der Waals surface area contributed by atoms with Crippen molar-refractivity contribution in [1.82, 2.24) is 5.01 Å². The number of ether oxygens (including phenoxy) is 2. The van der Waals surface area contributed by atoms with Gasteiger partial charge < -0.3 is 9.47 Å². The van der Waals surface area contributed by atoms with Crippen molar-refractivity contribution in [3.63, 3.8) is 0 Å². The molecular formula is C25H21N3O7. The van der Waals surface area contributed by atoms with Crippen LogP contribution in [0.15, 0.2) is 59.7 Å². The second-order valence-electron chi connectivity index (χ2n) is 8.57. The van der Waals surface area contributed by atoms with Gasteiger partial charge in [-0.1, -0.05) is 12.2 Å². The Balaban J connectivity index is 1.32. The topological polar surface area (TPSA) is 128 Å². The van der Waals surface area contributed by atoms with Gasteiger partial charge in [-0.25, -0.2) is 4.79 Å². The van der Waals surface area contributed by atoms with Gasteiger partial charge >= 0.3 is 5.97 Å². The molecule has 5 rings (SSSR count). The van der Waals surface area contributed by atoms with Crippen molar-refractivity contribution < 1.29 is 28.8 Å². The van der Waals surface area contributed by atoms with E-state index in [-0.39, 0.29) is 58.2 Å². The predicted octanol–water partition coefficient (Wildman–Crippen LogP) is 3.35. The molecule has 2 aromatic carbocycles. The number of nitrogens with zero attached hydrogens (tertiary/aromatic N) is 3. The second kappa shape index (κ2) is 8.79. The molecule has 0 aromatic heterocycles. The molecule has 178 valence electrons. The van der Waals surface area contributed by atoms with Gasteiger partial charge in [-0.3, -0.25) is 19.7 Å². The number of rotatable bonds is 7. The molecule has 2 aliphatic carbocycles. The van der Waals surface area contributed by atoms with Crippen molar-refractivity contribution in [2.45, 2.75) is 13.3 Å². The SMILES string of the molecule is CCOc1cc(C=NN2C(=O)[C@@H]3[C@H](C2=O)[C@H]2C=C[C@H]3C2)ccc1OC(=O)c1ccc([N+](=O)[O-])cc1. The van der Waals surface area contributed by atoms with E-state index in [1.807, 2.05) is 12.2 Å². The fourth-order valence-electron chi connectivity index (χ4n) is 4.96. The minimum absolute atomic E-state index is 0.107. The highest BCUT2D eigenvalue weighted by atomic mass is 16.6. The number of carbonyl (C=O) groups is 3. The maximum Gasteiger partial charge on any atom is 0.343 e. The molecule has 1 saturated carbocycles. The molecule has 3 aliphatic rings. The molecular weight excluding hydrogens is 454 g/mol. The van der Waals surface area contributed by atoms with Crippen LogP contribution in [0.5, 0.6) is 11.5 Å². The van der Waals surface area contributed by atoms with E-state index in [2.05, 4.69) is 5.10 Å². The Kier molecular flexibility index (Phi) is 5.64. The molecule has 0 unspecified atom stereocenters. The van der Waals surface area contributed by atoms with Crippen LogP contribution in [0.1, 0.15) is 29.3 Å². The van der Waals surface area contributed by atoms with Crippen LogP contribution in [0.2, 0.25) is 0 Å². The summed E-state index contributed by atoms with van der Waals surface area (Å²) in [5, 5.41) is 15.9. The van der Waals surface area contributed by atoms with E-state index in [0.717, 1.165) is 11.4 Å². The van der Waals surface area contributed by atoms with Gasteiger partial charge in [-0.05, 0) is 61.1 Å².